The van der Waals surface area contributed by atoms with Crippen molar-refractivity contribution in [1.82, 2.24) is 0 Å². The third kappa shape index (κ3) is 2.44. The Labute approximate surface area is 107 Å². The predicted molar refractivity (Wildman–Crippen MR) is 71.3 cm³/mol. The number of hydrogen-bond donors (Lipinski definition) is 3. The van der Waals surface area contributed by atoms with Gasteiger partial charge in [-0.15, -0.1) is 0 Å². The normalized spacial score (nSPS) is 18.1. The van der Waals surface area contributed by atoms with Gasteiger partial charge in [0.2, 0.25) is 0 Å². The van der Waals surface area contributed by atoms with Crippen molar-refractivity contribution in [2.45, 2.75) is 29.7 Å². The number of sulfone groups is 1. The van der Waals surface area contributed by atoms with Crippen molar-refractivity contribution in [2.24, 2.45) is 0 Å². The van der Waals surface area contributed by atoms with E-state index in [1.807, 2.05) is 0 Å². The summed E-state index contributed by atoms with van der Waals surface area (Å²) in [5, 5.41) is 12.6. The van der Waals surface area contributed by atoms with Gasteiger partial charge in [-0.25, -0.2) is 8.42 Å². The lowest BCUT2D eigenvalue weighted by Crippen LogP contribution is -2.48. The van der Waals surface area contributed by atoms with Gasteiger partial charge in [0.1, 0.15) is 0 Å². The van der Waals surface area contributed by atoms with E-state index < -0.39 is 9.84 Å². The molecule has 1 fully saturated rings. The van der Waals surface area contributed by atoms with Crippen molar-refractivity contribution in [3.05, 3.63) is 18.2 Å². The second kappa shape index (κ2) is 4.44. The highest BCUT2D eigenvalue weighted by molar-refractivity contribution is 7.90. The minimum absolute atomic E-state index is 0.0558. The number of aliphatic hydroxyl groups is 1. The van der Waals surface area contributed by atoms with Gasteiger partial charge in [-0.05, 0) is 37.5 Å². The molecule has 1 saturated carbocycles. The van der Waals surface area contributed by atoms with E-state index in [0.717, 1.165) is 25.5 Å². The molecule has 0 aromatic heterocycles. The lowest BCUT2D eigenvalue weighted by Gasteiger charge is -2.42. The van der Waals surface area contributed by atoms with E-state index in [-0.39, 0.29) is 17.0 Å². The van der Waals surface area contributed by atoms with Crippen LogP contribution in [0.15, 0.2) is 23.1 Å². The zero-order chi connectivity index (χ0) is 13.4. The van der Waals surface area contributed by atoms with Gasteiger partial charge in [0, 0.05) is 6.26 Å². The molecule has 1 aliphatic rings. The minimum Gasteiger partial charge on any atom is -0.397 e. The van der Waals surface area contributed by atoms with Gasteiger partial charge in [-0.2, -0.15) is 0 Å². The van der Waals surface area contributed by atoms with Crippen molar-refractivity contribution in [2.75, 3.05) is 23.9 Å². The number of nitrogens with two attached hydrogens (primary N) is 1. The van der Waals surface area contributed by atoms with Crippen LogP contribution in [-0.2, 0) is 9.84 Å². The summed E-state index contributed by atoms with van der Waals surface area (Å²) in [6.07, 6.45) is 4.03. The van der Waals surface area contributed by atoms with E-state index in [2.05, 4.69) is 5.32 Å². The maximum absolute atomic E-state index is 11.4. The summed E-state index contributed by atoms with van der Waals surface area (Å²) in [6.45, 7) is 0.0558. The molecule has 5 nitrogen and oxygen atoms in total. The van der Waals surface area contributed by atoms with Gasteiger partial charge in [0.05, 0.1) is 28.4 Å². The molecule has 1 aliphatic carbocycles. The molecule has 2 rings (SSSR count). The van der Waals surface area contributed by atoms with Crippen molar-refractivity contribution >= 4 is 21.2 Å². The molecule has 18 heavy (non-hydrogen) atoms. The Morgan fingerprint density at radius 3 is 2.50 bits per heavy atom. The number of anilines is 2. The molecule has 0 radical (unpaired) electrons. The van der Waals surface area contributed by atoms with Crippen LogP contribution in [0.5, 0.6) is 0 Å². The molecule has 0 aliphatic heterocycles. The fraction of sp³-hybridized carbons (Fsp3) is 0.500. The van der Waals surface area contributed by atoms with Crippen LogP contribution in [0.1, 0.15) is 19.3 Å². The molecule has 0 amide bonds. The van der Waals surface area contributed by atoms with Crippen molar-refractivity contribution < 1.29 is 13.5 Å². The third-order valence-corrected chi connectivity index (χ3v) is 4.57. The number of rotatable bonds is 4. The van der Waals surface area contributed by atoms with Crippen LogP contribution in [0.3, 0.4) is 0 Å². The predicted octanol–water partition coefficient (Wildman–Crippen LogP) is 0.999. The Bertz CT molecular complexity index is 545. The number of nitrogen functional groups attached to an aromatic ring is 1. The van der Waals surface area contributed by atoms with Crippen LogP contribution in [0.2, 0.25) is 0 Å². The molecular formula is C12H18N2O3S. The van der Waals surface area contributed by atoms with E-state index in [1.165, 1.54) is 12.1 Å². The summed E-state index contributed by atoms with van der Waals surface area (Å²) in [7, 11) is -3.24. The minimum atomic E-state index is -3.24. The average molecular weight is 270 g/mol. The van der Waals surface area contributed by atoms with E-state index in [1.54, 1.807) is 6.07 Å². The number of nitrogens with one attached hydrogen (secondary N) is 1. The molecule has 0 heterocycles. The van der Waals surface area contributed by atoms with E-state index in [9.17, 15) is 13.5 Å². The molecule has 6 heteroatoms. The number of hydrogen-bond acceptors (Lipinski definition) is 5. The fourth-order valence-electron chi connectivity index (χ4n) is 2.10. The maximum Gasteiger partial charge on any atom is 0.175 e. The molecule has 100 valence electrons. The molecule has 0 unspecified atom stereocenters. The Morgan fingerprint density at radius 1 is 1.44 bits per heavy atom. The molecule has 0 spiro atoms. The van der Waals surface area contributed by atoms with Gasteiger partial charge >= 0.3 is 0 Å². The second-order valence-corrected chi connectivity index (χ2v) is 6.95. The lowest BCUT2D eigenvalue weighted by molar-refractivity contribution is 0.144. The molecule has 0 bridgehead atoms. The third-order valence-electron chi connectivity index (χ3n) is 3.46. The smallest absolute Gasteiger partial charge is 0.175 e. The zero-order valence-corrected chi connectivity index (χ0v) is 11.1. The van der Waals surface area contributed by atoms with Gasteiger partial charge < -0.3 is 16.2 Å². The first kappa shape index (κ1) is 13.2. The van der Waals surface area contributed by atoms with E-state index >= 15 is 0 Å². The molecule has 1 aromatic carbocycles. The van der Waals surface area contributed by atoms with E-state index in [0.29, 0.717) is 11.4 Å². The van der Waals surface area contributed by atoms with Gasteiger partial charge in [0.15, 0.2) is 9.84 Å². The van der Waals surface area contributed by atoms with Crippen LogP contribution >= 0.6 is 0 Å². The molecular weight excluding hydrogens is 252 g/mol. The van der Waals surface area contributed by atoms with Crippen LogP contribution < -0.4 is 11.1 Å². The molecule has 1 aromatic rings. The SMILES string of the molecule is CS(=O)(=O)c1ccc(NC2(CO)CCC2)c(N)c1. The van der Waals surface area contributed by atoms with Crippen LogP contribution in [0.25, 0.3) is 0 Å². The topological polar surface area (TPSA) is 92.4 Å². The highest BCUT2D eigenvalue weighted by atomic mass is 32.2. The average Bonchev–Trinajstić information content (AvgIpc) is 2.24. The standard InChI is InChI=1S/C12H18N2O3S/c1-18(16,17)9-3-4-11(10(13)7-9)14-12(8-15)5-2-6-12/h3-4,7,14-15H,2,5-6,8,13H2,1H3. The lowest BCUT2D eigenvalue weighted by atomic mass is 9.77. The largest absolute Gasteiger partial charge is 0.397 e. The van der Waals surface area contributed by atoms with Gasteiger partial charge in [-0.3, -0.25) is 0 Å². The first-order chi connectivity index (χ1) is 8.36. The summed E-state index contributed by atoms with van der Waals surface area (Å²) >= 11 is 0. The first-order valence-corrected chi connectivity index (χ1v) is 7.74. The van der Waals surface area contributed by atoms with Crippen molar-refractivity contribution in [3.63, 3.8) is 0 Å². The summed E-state index contributed by atoms with van der Waals surface area (Å²) in [5.41, 5.74) is 6.62. The zero-order valence-electron chi connectivity index (χ0n) is 10.3. The molecule has 4 N–H and O–H groups in total. The van der Waals surface area contributed by atoms with Gasteiger partial charge in [-0.1, -0.05) is 0 Å². The first-order valence-electron chi connectivity index (χ1n) is 5.85. The van der Waals surface area contributed by atoms with Crippen LogP contribution in [0, 0.1) is 0 Å². The van der Waals surface area contributed by atoms with Crippen LogP contribution in [-0.4, -0.2) is 31.9 Å². The Hall–Kier alpha value is -1.27. The van der Waals surface area contributed by atoms with Gasteiger partial charge in [0.25, 0.3) is 0 Å². The van der Waals surface area contributed by atoms with Crippen LogP contribution in [0.4, 0.5) is 11.4 Å². The molecule has 0 saturated heterocycles. The maximum atomic E-state index is 11.4. The summed E-state index contributed by atoms with van der Waals surface area (Å²) < 4.78 is 22.8. The molecule has 0 atom stereocenters. The summed E-state index contributed by atoms with van der Waals surface area (Å²) in [5.74, 6) is 0. The fourth-order valence-corrected chi connectivity index (χ4v) is 2.75. The highest BCUT2D eigenvalue weighted by Crippen LogP contribution is 2.36. The Kier molecular flexibility index (Phi) is 3.25. The highest BCUT2D eigenvalue weighted by Gasteiger charge is 2.36. The van der Waals surface area contributed by atoms with Crippen molar-refractivity contribution in [3.8, 4) is 0 Å². The summed E-state index contributed by atoms with van der Waals surface area (Å²) in [6, 6.07) is 4.63. The van der Waals surface area contributed by atoms with Crippen molar-refractivity contribution in [1.29, 1.82) is 0 Å². The monoisotopic (exact) mass is 270 g/mol. The number of aliphatic hydroxyl groups excluding tert-OH is 1. The second-order valence-electron chi connectivity index (χ2n) is 4.94. The quantitative estimate of drug-likeness (QED) is 0.710. The number of benzene rings is 1. The Morgan fingerprint density at radius 2 is 2.11 bits per heavy atom. The van der Waals surface area contributed by atoms with E-state index in [4.69, 9.17) is 5.73 Å². The Balaban J connectivity index is 2.25. The summed E-state index contributed by atoms with van der Waals surface area (Å²) in [4.78, 5) is 0.206.